The summed E-state index contributed by atoms with van der Waals surface area (Å²) in [5, 5.41) is 10.7. The SMILES string of the molecule is COCCNCCNC(=O)c1c(-c2c(Cl)cccc2Cl)noc1C.Cl. The highest BCUT2D eigenvalue weighted by molar-refractivity contribution is 6.39. The van der Waals surface area contributed by atoms with Crippen LogP contribution in [0.4, 0.5) is 0 Å². The molecule has 0 aliphatic carbocycles. The molecule has 0 radical (unpaired) electrons. The summed E-state index contributed by atoms with van der Waals surface area (Å²) in [6.07, 6.45) is 0. The molecule has 9 heteroatoms. The summed E-state index contributed by atoms with van der Waals surface area (Å²) in [6, 6.07) is 5.11. The van der Waals surface area contributed by atoms with E-state index < -0.39 is 0 Å². The van der Waals surface area contributed by atoms with Crippen molar-refractivity contribution < 1.29 is 14.1 Å². The van der Waals surface area contributed by atoms with Crippen molar-refractivity contribution >= 4 is 41.5 Å². The van der Waals surface area contributed by atoms with Gasteiger partial charge in [0.15, 0.2) is 0 Å². The number of amides is 1. The smallest absolute Gasteiger partial charge is 0.257 e. The van der Waals surface area contributed by atoms with Gasteiger partial charge in [-0.25, -0.2) is 0 Å². The van der Waals surface area contributed by atoms with E-state index in [0.717, 1.165) is 6.54 Å². The molecule has 0 saturated heterocycles. The number of methoxy groups -OCH3 is 1. The predicted molar refractivity (Wildman–Crippen MR) is 101 cm³/mol. The number of ether oxygens (including phenoxy) is 1. The predicted octanol–water partition coefficient (Wildman–Crippen LogP) is 3.34. The van der Waals surface area contributed by atoms with Gasteiger partial charge >= 0.3 is 0 Å². The molecule has 0 spiro atoms. The van der Waals surface area contributed by atoms with Gasteiger partial charge in [-0.1, -0.05) is 34.4 Å². The van der Waals surface area contributed by atoms with Gasteiger partial charge in [-0.2, -0.15) is 0 Å². The van der Waals surface area contributed by atoms with Crippen molar-refractivity contribution in [2.24, 2.45) is 0 Å². The Bertz CT molecular complexity index is 687. The molecule has 0 unspecified atom stereocenters. The normalized spacial score (nSPS) is 10.4. The minimum atomic E-state index is -0.284. The molecule has 2 aromatic rings. The molecule has 1 aromatic carbocycles. The first-order chi connectivity index (χ1) is 11.6. The Morgan fingerprint density at radius 1 is 1.24 bits per heavy atom. The van der Waals surface area contributed by atoms with E-state index in [1.807, 2.05) is 0 Å². The third-order valence-electron chi connectivity index (χ3n) is 3.36. The molecule has 2 N–H and O–H groups in total. The Labute approximate surface area is 162 Å². The summed E-state index contributed by atoms with van der Waals surface area (Å²) in [6.45, 7) is 4.10. The van der Waals surface area contributed by atoms with E-state index >= 15 is 0 Å². The van der Waals surface area contributed by atoms with Crippen molar-refractivity contribution in [3.8, 4) is 11.3 Å². The van der Waals surface area contributed by atoms with Crippen molar-refractivity contribution in [2.75, 3.05) is 33.4 Å². The maximum Gasteiger partial charge on any atom is 0.257 e. The zero-order valence-electron chi connectivity index (χ0n) is 13.9. The molecular weight excluding hydrogens is 389 g/mol. The fourth-order valence-corrected chi connectivity index (χ4v) is 2.76. The first kappa shape index (κ1) is 21.7. The second-order valence-electron chi connectivity index (χ2n) is 5.06. The number of rotatable bonds is 8. The standard InChI is InChI=1S/C16H19Cl2N3O3.ClH/c1-10-13(16(22)20-7-6-19-8-9-23-2)15(21-24-10)14-11(17)4-3-5-12(14)18;/h3-5,19H,6-9H2,1-2H3,(H,20,22);1H. The van der Waals surface area contributed by atoms with Crippen molar-refractivity contribution in [3.63, 3.8) is 0 Å². The van der Waals surface area contributed by atoms with Crippen LogP contribution in [-0.4, -0.2) is 44.4 Å². The number of halogens is 3. The van der Waals surface area contributed by atoms with Gasteiger partial charge in [-0.15, -0.1) is 12.4 Å². The first-order valence-corrected chi connectivity index (χ1v) is 8.20. The van der Waals surface area contributed by atoms with Gasteiger partial charge in [-0.05, 0) is 19.1 Å². The number of carbonyl (C=O) groups excluding carboxylic acids is 1. The third kappa shape index (κ3) is 5.59. The maximum absolute atomic E-state index is 12.5. The zero-order valence-corrected chi connectivity index (χ0v) is 16.2. The minimum Gasteiger partial charge on any atom is -0.383 e. The number of benzene rings is 1. The van der Waals surface area contributed by atoms with E-state index in [0.29, 0.717) is 52.3 Å². The second-order valence-corrected chi connectivity index (χ2v) is 5.87. The minimum absolute atomic E-state index is 0. The lowest BCUT2D eigenvalue weighted by molar-refractivity contribution is 0.0952. The number of nitrogens with zero attached hydrogens (tertiary/aromatic N) is 1. The Morgan fingerprint density at radius 3 is 2.56 bits per heavy atom. The highest BCUT2D eigenvalue weighted by atomic mass is 35.5. The Kier molecular flexibility index (Phi) is 9.24. The van der Waals surface area contributed by atoms with Crippen LogP contribution in [0.15, 0.2) is 22.7 Å². The van der Waals surface area contributed by atoms with Crippen molar-refractivity contribution in [2.45, 2.75) is 6.92 Å². The van der Waals surface area contributed by atoms with Gasteiger partial charge in [0.1, 0.15) is 17.0 Å². The fraction of sp³-hybridized carbons (Fsp3) is 0.375. The van der Waals surface area contributed by atoms with Gasteiger partial charge in [-0.3, -0.25) is 4.79 Å². The Morgan fingerprint density at radius 2 is 1.92 bits per heavy atom. The number of hydrogen-bond donors (Lipinski definition) is 2. The number of aryl methyl sites for hydroxylation is 1. The molecule has 0 bridgehead atoms. The quantitative estimate of drug-likeness (QED) is 0.655. The Hall–Kier alpha value is -1.31. The van der Waals surface area contributed by atoms with E-state index in [4.69, 9.17) is 32.5 Å². The maximum atomic E-state index is 12.5. The number of hydrogen-bond acceptors (Lipinski definition) is 5. The summed E-state index contributed by atoms with van der Waals surface area (Å²) in [4.78, 5) is 12.5. The van der Waals surface area contributed by atoms with E-state index in [2.05, 4.69) is 15.8 Å². The molecule has 2 rings (SSSR count). The molecule has 25 heavy (non-hydrogen) atoms. The zero-order chi connectivity index (χ0) is 17.5. The molecule has 1 heterocycles. The van der Waals surface area contributed by atoms with Crippen LogP contribution in [0.5, 0.6) is 0 Å². The van der Waals surface area contributed by atoms with Gasteiger partial charge < -0.3 is 19.9 Å². The third-order valence-corrected chi connectivity index (χ3v) is 3.99. The van der Waals surface area contributed by atoms with Crippen molar-refractivity contribution in [1.82, 2.24) is 15.8 Å². The average Bonchev–Trinajstić information content (AvgIpc) is 2.92. The summed E-state index contributed by atoms with van der Waals surface area (Å²) in [7, 11) is 1.64. The first-order valence-electron chi connectivity index (χ1n) is 7.44. The molecule has 1 amide bonds. The number of nitrogens with one attached hydrogen (secondary N) is 2. The molecule has 1 aromatic heterocycles. The van der Waals surface area contributed by atoms with Gasteiger partial charge in [0.05, 0.1) is 16.7 Å². The molecular formula is C16H20Cl3N3O3. The summed E-state index contributed by atoms with van der Waals surface area (Å²) < 4.78 is 10.1. The molecule has 138 valence electrons. The van der Waals surface area contributed by atoms with Crippen molar-refractivity contribution in [3.05, 3.63) is 39.6 Å². The lowest BCUT2D eigenvalue weighted by Crippen LogP contribution is -2.33. The molecule has 0 atom stereocenters. The van der Waals surface area contributed by atoms with Crippen LogP contribution >= 0.6 is 35.6 Å². The van der Waals surface area contributed by atoms with E-state index in [1.165, 1.54) is 0 Å². The molecule has 0 aliphatic heterocycles. The van der Waals surface area contributed by atoms with Crippen LogP contribution in [-0.2, 0) is 4.74 Å². The average molecular weight is 409 g/mol. The van der Waals surface area contributed by atoms with Crippen LogP contribution in [0, 0.1) is 6.92 Å². The topological polar surface area (TPSA) is 76.4 Å². The van der Waals surface area contributed by atoms with Gasteiger partial charge in [0.25, 0.3) is 5.91 Å². The molecule has 0 fully saturated rings. The van der Waals surface area contributed by atoms with E-state index in [1.54, 1.807) is 32.2 Å². The number of aromatic nitrogens is 1. The van der Waals surface area contributed by atoms with Gasteiger partial charge in [0.2, 0.25) is 0 Å². The van der Waals surface area contributed by atoms with E-state index in [9.17, 15) is 4.79 Å². The van der Waals surface area contributed by atoms with Crippen molar-refractivity contribution in [1.29, 1.82) is 0 Å². The fourth-order valence-electron chi connectivity index (χ4n) is 2.19. The Balaban J connectivity index is 0.00000312. The molecule has 0 aliphatic rings. The lowest BCUT2D eigenvalue weighted by Gasteiger charge is -2.08. The number of carbonyl (C=O) groups is 1. The second kappa shape index (κ2) is 10.6. The summed E-state index contributed by atoms with van der Waals surface area (Å²) in [5.41, 5.74) is 1.16. The molecule has 0 saturated carbocycles. The lowest BCUT2D eigenvalue weighted by atomic mass is 10.1. The van der Waals surface area contributed by atoms with Crippen LogP contribution in [0.25, 0.3) is 11.3 Å². The van der Waals surface area contributed by atoms with Crippen LogP contribution in [0.1, 0.15) is 16.1 Å². The van der Waals surface area contributed by atoms with Crippen LogP contribution in [0.3, 0.4) is 0 Å². The highest BCUT2D eigenvalue weighted by Gasteiger charge is 2.24. The monoisotopic (exact) mass is 407 g/mol. The van der Waals surface area contributed by atoms with Crippen LogP contribution < -0.4 is 10.6 Å². The van der Waals surface area contributed by atoms with Gasteiger partial charge in [0, 0.05) is 32.3 Å². The highest BCUT2D eigenvalue weighted by Crippen LogP contribution is 2.36. The summed E-state index contributed by atoms with van der Waals surface area (Å²) >= 11 is 12.4. The molecule has 6 nitrogen and oxygen atoms in total. The largest absolute Gasteiger partial charge is 0.383 e. The van der Waals surface area contributed by atoms with Crippen LogP contribution in [0.2, 0.25) is 10.0 Å². The summed E-state index contributed by atoms with van der Waals surface area (Å²) in [5.74, 6) is 0.124. The van der Waals surface area contributed by atoms with E-state index in [-0.39, 0.29) is 18.3 Å².